The van der Waals surface area contributed by atoms with Gasteiger partial charge in [-0.15, -0.1) is 0 Å². The summed E-state index contributed by atoms with van der Waals surface area (Å²) in [6, 6.07) is 15.4. The van der Waals surface area contributed by atoms with Crippen LogP contribution >= 0.6 is 0 Å². The Kier molecular flexibility index (Phi) is 8.10. The number of hydrogen-bond donors (Lipinski definition) is 1. The van der Waals surface area contributed by atoms with E-state index in [1.54, 1.807) is 4.90 Å². The lowest BCUT2D eigenvalue weighted by molar-refractivity contribution is -0.143. The zero-order chi connectivity index (χ0) is 22.2. The molecule has 5 nitrogen and oxygen atoms in total. The molecule has 166 valence electrons. The van der Waals surface area contributed by atoms with Crippen molar-refractivity contribution in [3.05, 3.63) is 65.2 Å². The molecule has 0 heterocycles. The highest BCUT2D eigenvalue weighted by Crippen LogP contribution is 2.20. The van der Waals surface area contributed by atoms with Crippen LogP contribution in [0.15, 0.2) is 48.5 Å². The number of ether oxygens (including phenoxy) is 1. The van der Waals surface area contributed by atoms with Crippen LogP contribution in [0.25, 0.3) is 0 Å². The molecule has 0 aromatic heterocycles. The molecular weight excluding hydrogens is 388 g/mol. The molecule has 0 radical (unpaired) electrons. The third kappa shape index (κ3) is 6.58. The predicted octanol–water partition coefficient (Wildman–Crippen LogP) is 4.55. The number of amides is 2. The molecule has 0 spiro atoms. The molecule has 2 aromatic rings. The highest BCUT2D eigenvalue weighted by atomic mass is 16.5. The van der Waals surface area contributed by atoms with Crippen LogP contribution in [0.5, 0.6) is 5.75 Å². The molecule has 0 saturated heterocycles. The summed E-state index contributed by atoms with van der Waals surface area (Å²) in [6.07, 6.45) is 4.90. The van der Waals surface area contributed by atoms with Crippen molar-refractivity contribution in [1.82, 2.24) is 10.2 Å². The lowest BCUT2D eigenvalue weighted by Gasteiger charge is -2.31. The molecule has 1 aliphatic carbocycles. The fourth-order valence-electron chi connectivity index (χ4n) is 4.04. The first kappa shape index (κ1) is 22.9. The summed E-state index contributed by atoms with van der Waals surface area (Å²) >= 11 is 0. The van der Waals surface area contributed by atoms with Gasteiger partial charge in [-0.3, -0.25) is 9.59 Å². The maximum Gasteiger partial charge on any atom is 0.261 e. The van der Waals surface area contributed by atoms with Gasteiger partial charge in [0.05, 0.1) is 0 Å². The van der Waals surface area contributed by atoms with Crippen LogP contribution < -0.4 is 10.1 Å². The average molecular weight is 423 g/mol. The van der Waals surface area contributed by atoms with Crippen molar-refractivity contribution in [2.75, 3.05) is 6.61 Å². The first-order valence-electron chi connectivity index (χ1n) is 11.3. The molecular formula is C26H34N2O3. The molecule has 1 aliphatic rings. The van der Waals surface area contributed by atoms with Gasteiger partial charge in [-0.2, -0.15) is 0 Å². The van der Waals surface area contributed by atoms with Crippen LogP contribution in [-0.4, -0.2) is 35.4 Å². The van der Waals surface area contributed by atoms with Crippen molar-refractivity contribution in [3.8, 4) is 5.75 Å². The van der Waals surface area contributed by atoms with E-state index in [1.807, 2.05) is 69.3 Å². The van der Waals surface area contributed by atoms with Crippen LogP contribution in [0.4, 0.5) is 0 Å². The Morgan fingerprint density at radius 3 is 2.16 bits per heavy atom. The van der Waals surface area contributed by atoms with Gasteiger partial charge in [0.2, 0.25) is 5.91 Å². The minimum absolute atomic E-state index is 0.0646. The van der Waals surface area contributed by atoms with Crippen molar-refractivity contribution in [2.24, 2.45) is 0 Å². The van der Waals surface area contributed by atoms with Crippen molar-refractivity contribution < 1.29 is 14.3 Å². The summed E-state index contributed by atoms with van der Waals surface area (Å²) in [7, 11) is 0. The number of carbonyl (C=O) groups is 2. The Bertz CT molecular complexity index is 855. The number of nitrogens with one attached hydrogen (secondary N) is 1. The second-order valence-corrected chi connectivity index (χ2v) is 8.52. The molecule has 0 unspecified atom stereocenters. The summed E-state index contributed by atoms with van der Waals surface area (Å²) in [6.45, 7) is 6.28. The fraction of sp³-hybridized carbons (Fsp3) is 0.462. The predicted molar refractivity (Wildman–Crippen MR) is 123 cm³/mol. The number of rotatable bonds is 9. The SMILES string of the molecule is CC[C@@H](C(=O)NC1CCCC1)N(Cc1ccc(C)cc1)C(=O)COc1ccc(C)cc1. The third-order valence-corrected chi connectivity index (χ3v) is 5.94. The first-order valence-corrected chi connectivity index (χ1v) is 11.3. The van der Waals surface area contributed by atoms with Gasteiger partial charge in [0.25, 0.3) is 5.91 Å². The van der Waals surface area contributed by atoms with Gasteiger partial charge >= 0.3 is 0 Å². The van der Waals surface area contributed by atoms with Gasteiger partial charge in [0.15, 0.2) is 6.61 Å². The zero-order valence-electron chi connectivity index (χ0n) is 18.9. The molecule has 2 amide bonds. The largest absolute Gasteiger partial charge is 0.484 e. The van der Waals surface area contributed by atoms with Gasteiger partial charge in [0.1, 0.15) is 11.8 Å². The minimum atomic E-state index is -0.518. The Balaban J connectivity index is 1.74. The van der Waals surface area contributed by atoms with Crippen molar-refractivity contribution in [2.45, 2.75) is 71.5 Å². The second-order valence-electron chi connectivity index (χ2n) is 8.52. The van der Waals surface area contributed by atoms with Gasteiger partial charge in [0, 0.05) is 12.6 Å². The van der Waals surface area contributed by atoms with Gasteiger partial charge in [-0.05, 0) is 50.8 Å². The molecule has 1 saturated carbocycles. The van der Waals surface area contributed by atoms with E-state index >= 15 is 0 Å². The van der Waals surface area contributed by atoms with Crippen LogP contribution in [-0.2, 0) is 16.1 Å². The Morgan fingerprint density at radius 1 is 1.00 bits per heavy atom. The third-order valence-electron chi connectivity index (χ3n) is 5.94. The first-order chi connectivity index (χ1) is 15.0. The van der Waals surface area contributed by atoms with Gasteiger partial charge < -0.3 is 15.0 Å². The quantitative estimate of drug-likeness (QED) is 0.645. The normalized spacial score (nSPS) is 14.8. The van der Waals surface area contributed by atoms with Crippen molar-refractivity contribution in [3.63, 3.8) is 0 Å². The number of hydrogen-bond acceptors (Lipinski definition) is 3. The lowest BCUT2D eigenvalue weighted by Crippen LogP contribution is -2.52. The molecule has 1 atom stereocenters. The standard InChI is InChI=1S/C26H34N2O3/c1-4-24(26(30)27-22-7-5-6-8-22)28(17-21-13-9-19(2)10-14-21)25(29)18-31-23-15-11-20(3)12-16-23/h9-16,22,24H,4-8,17-18H2,1-3H3,(H,27,30)/t24-/m0/s1. The minimum Gasteiger partial charge on any atom is -0.484 e. The second kappa shape index (κ2) is 11.0. The van der Waals surface area contributed by atoms with Gasteiger partial charge in [-0.1, -0.05) is 67.3 Å². The number of carbonyl (C=O) groups excluding carboxylic acids is 2. The molecule has 0 bridgehead atoms. The topological polar surface area (TPSA) is 58.6 Å². The van der Waals surface area contributed by atoms with Crippen LogP contribution in [0.1, 0.15) is 55.7 Å². The molecule has 1 N–H and O–H groups in total. The molecule has 5 heteroatoms. The summed E-state index contributed by atoms with van der Waals surface area (Å²) in [4.78, 5) is 28.0. The van der Waals surface area contributed by atoms with E-state index in [1.165, 1.54) is 0 Å². The van der Waals surface area contributed by atoms with E-state index in [4.69, 9.17) is 4.74 Å². The van der Waals surface area contributed by atoms with E-state index in [0.717, 1.165) is 42.4 Å². The number of aryl methyl sites for hydroxylation is 2. The Hall–Kier alpha value is -2.82. The highest BCUT2D eigenvalue weighted by molar-refractivity contribution is 5.88. The monoisotopic (exact) mass is 422 g/mol. The van der Waals surface area contributed by atoms with Crippen molar-refractivity contribution in [1.29, 1.82) is 0 Å². The summed E-state index contributed by atoms with van der Waals surface area (Å²) in [5, 5.41) is 3.17. The Labute approximate surface area is 185 Å². The van der Waals surface area contributed by atoms with Gasteiger partial charge in [-0.25, -0.2) is 0 Å². The summed E-state index contributed by atoms with van der Waals surface area (Å²) < 4.78 is 5.75. The maximum absolute atomic E-state index is 13.2. The molecule has 31 heavy (non-hydrogen) atoms. The number of nitrogens with zero attached hydrogens (tertiary/aromatic N) is 1. The molecule has 3 rings (SSSR count). The van der Waals surface area contributed by atoms with E-state index in [9.17, 15) is 9.59 Å². The fourth-order valence-corrected chi connectivity index (χ4v) is 4.04. The van der Waals surface area contributed by atoms with Crippen LogP contribution in [0, 0.1) is 13.8 Å². The van der Waals surface area contributed by atoms with E-state index in [0.29, 0.717) is 18.7 Å². The lowest BCUT2D eigenvalue weighted by atomic mass is 10.1. The smallest absolute Gasteiger partial charge is 0.261 e. The molecule has 1 fully saturated rings. The molecule has 2 aromatic carbocycles. The Morgan fingerprint density at radius 2 is 1.58 bits per heavy atom. The van der Waals surface area contributed by atoms with E-state index < -0.39 is 6.04 Å². The summed E-state index contributed by atoms with van der Waals surface area (Å²) in [5.41, 5.74) is 3.30. The van der Waals surface area contributed by atoms with E-state index in [2.05, 4.69) is 5.32 Å². The average Bonchev–Trinajstić information content (AvgIpc) is 3.27. The van der Waals surface area contributed by atoms with Crippen LogP contribution in [0.3, 0.4) is 0 Å². The molecule has 0 aliphatic heterocycles. The van der Waals surface area contributed by atoms with Crippen molar-refractivity contribution >= 4 is 11.8 Å². The van der Waals surface area contributed by atoms with E-state index in [-0.39, 0.29) is 24.5 Å². The maximum atomic E-state index is 13.2. The van der Waals surface area contributed by atoms with Crippen LogP contribution in [0.2, 0.25) is 0 Å². The number of benzene rings is 2. The zero-order valence-corrected chi connectivity index (χ0v) is 18.9. The summed E-state index contributed by atoms with van der Waals surface area (Å²) in [5.74, 6) is 0.400. The highest BCUT2D eigenvalue weighted by Gasteiger charge is 2.30.